The summed E-state index contributed by atoms with van der Waals surface area (Å²) in [5, 5.41) is 0. The second-order valence-corrected chi connectivity index (χ2v) is 5.53. The highest BCUT2D eigenvalue weighted by atomic mass is 16.6. The van der Waals surface area contributed by atoms with Crippen LogP contribution in [0, 0.1) is 0 Å². The van der Waals surface area contributed by atoms with Crippen molar-refractivity contribution in [2.45, 2.75) is 39.3 Å². The molecule has 0 amide bonds. The Morgan fingerprint density at radius 2 is 1.95 bits per heavy atom. The monoisotopic (exact) mass is 262 g/mol. The van der Waals surface area contributed by atoms with Crippen LogP contribution in [0.3, 0.4) is 0 Å². The first kappa shape index (κ1) is 13.4. The van der Waals surface area contributed by atoms with Gasteiger partial charge in [-0.25, -0.2) is 9.59 Å². The summed E-state index contributed by atoms with van der Waals surface area (Å²) >= 11 is 0. The number of carbonyl (C=O) groups excluding carboxylic acids is 1. The third kappa shape index (κ3) is 2.70. The maximum atomic E-state index is 12.1. The van der Waals surface area contributed by atoms with Crippen LogP contribution in [-0.4, -0.2) is 21.1 Å². The number of hydrogen-bond acceptors (Lipinski definition) is 3. The van der Waals surface area contributed by atoms with Gasteiger partial charge >= 0.3 is 11.7 Å². The Labute approximate surface area is 111 Å². The fourth-order valence-electron chi connectivity index (χ4n) is 1.95. The number of nitrogens with one attached hydrogen (secondary N) is 1. The first-order valence-corrected chi connectivity index (χ1v) is 6.22. The van der Waals surface area contributed by atoms with Gasteiger partial charge in [0.15, 0.2) is 0 Å². The highest BCUT2D eigenvalue weighted by Crippen LogP contribution is 2.18. The Morgan fingerprint density at radius 1 is 1.32 bits per heavy atom. The maximum Gasteiger partial charge on any atom is 0.329 e. The summed E-state index contributed by atoms with van der Waals surface area (Å²) < 4.78 is 6.73. The summed E-state index contributed by atoms with van der Waals surface area (Å²) in [5.74, 6) is -0.417. The van der Waals surface area contributed by atoms with Gasteiger partial charge in [0.1, 0.15) is 11.6 Å². The first-order chi connectivity index (χ1) is 8.79. The van der Waals surface area contributed by atoms with E-state index in [4.69, 9.17) is 4.74 Å². The highest BCUT2D eigenvalue weighted by Gasteiger charge is 2.25. The van der Waals surface area contributed by atoms with Crippen LogP contribution in [0.25, 0.3) is 11.0 Å². The maximum absolute atomic E-state index is 12.1. The summed E-state index contributed by atoms with van der Waals surface area (Å²) in [7, 11) is 0. The van der Waals surface area contributed by atoms with E-state index in [0.717, 1.165) is 0 Å². The van der Waals surface area contributed by atoms with Crippen LogP contribution >= 0.6 is 0 Å². The average molecular weight is 262 g/mol. The molecular formula is C14H18N2O3. The molecule has 1 N–H and O–H groups in total. The van der Waals surface area contributed by atoms with Crippen molar-refractivity contribution in [1.82, 2.24) is 9.55 Å². The van der Waals surface area contributed by atoms with Crippen molar-refractivity contribution < 1.29 is 9.53 Å². The number of carbonyl (C=O) groups is 1. The molecule has 102 valence electrons. The van der Waals surface area contributed by atoms with Gasteiger partial charge in [0.2, 0.25) is 0 Å². The van der Waals surface area contributed by atoms with E-state index in [1.807, 2.05) is 12.1 Å². The standard InChI is InChI=1S/C14H18N2O3/c1-9(12(17)19-14(2,3)4)16-11-8-6-5-7-10(11)15-13(16)18/h5-9H,1-4H3,(H,15,18)/t9-/m0/s1. The van der Waals surface area contributed by atoms with Gasteiger partial charge in [-0.1, -0.05) is 12.1 Å². The number of fused-ring (bicyclic) bond motifs is 1. The van der Waals surface area contributed by atoms with Gasteiger partial charge < -0.3 is 9.72 Å². The molecule has 19 heavy (non-hydrogen) atoms. The zero-order chi connectivity index (χ0) is 14.2. The molecule has 5 heteroatoms. The Hall–Kier alpha value is -2.04. The van der Waals surface area contributed by atoms with Crippen molar-refractivity contribution in [3.8, 4) is 0 Å². The molecule has 0 spiro atoms. The number of ether oxygens (including phenoxy) is 1. The number of para-hydroxylation sites is 2. The summed E-state index contributed by atoms with van der Waals surface area (Å²) in [6.45, 7) is 7.07. The lowest BCUT2D eigenvalue weighted by Crippen LogP contribution is -2.32. The van der Waals surface area contributed by atoms with Gasteiger partial charge in [0.05, 0.1) is 11.0 Å². The van der Waals surface area contributed by atoms with Gasteiger partial charge in [0.25, 0.3) is 0 Å². The number of rotatable bonds is 2. The minimum absolute atomic E-state index is 0.306. The third-order valence-electron chi connectivity index (χ3n) is 2.76. The van der Waals surface area contributed by atoms with Gasteiger partial charge in [-0.2, -0.15) is 0 Å². The van der Waals surface area contributed by atoms with Crippen molar-refractivity contribution in [2.75, 3.05) is 0 Å². The van der Waals surface area contributed by atoms with Crippen LogP contribution in [0.5, 0.6) is 0 Å². The van der Waals surface area contributed by atoms with Crippen molar-refractivity contribution in [3.05, 3.63) is 34.7 Å². The summed E-state index contributed by atoms with van der Waals surface area (Å²) in [6.07, 6.45) is 0. The zero-order valence-corrected chi connectivity index (χ0v) is 11.6. The summed E-state index contributed by atoms with van der Waals surface area (Å²) in [6, 6.07) is 6.60. The molecule has 0 radical (unpaired) electrons. The number of aromatic amines is 1. The molecule has 1 heterocycles. The Kier molecular flexibility index (Phi) is 3.22. The molecule has 0 unspecified atom stereocenters. The van der Waals surface area contributed by atoms with Crippen LogP contribution < -0.4 is 5.69 Å². The number of hydrogen-bond donors (Lipinski definition) is 1. The molecule has 2 rings (SSSR count). The lowest BCUT2D eigenvalue weighted by atomic mass is 10.2. The van der Waals surface area contributed by atoms with E-state index in [1.54, 1.807) is 39.8 Å². The van der Waals surface area contributed by atoms with Crippen LogP contribution in [0.15, 0.2) is 29.1 Å². The molecule has 0 aliphatic heterocycles. The van der Waals surface area contributed by atoms with E-state index in [2.05, 4.69) is 4.98 Å². The number of esters is 1. The molecule has 0 saturated heterocycles. The topological polar surface area (TPSA) is 64.1 Å². The quantitative estimate of drug-likeness (QED) is 0.844. The van der Waals surface area contributed by atoms with Crippen LogP contribution in [0.4, 0.5) is 0 Å². The number of nitrogens with zero attached hydrogens (tertiary/aromatic N) is 1. The number of aromatic nitrogens is 2. The van der Waals surface area contributed by atoms with Gasteiger partial charge in [0, 0.05) is 0 Å². The van der Waals surface area contributed by atoms with E-state index in [1.165, 1.54) is 4.57 Å². The summed E-state index contributed by atoms with van der Waals surface area (Å²) in [5.41, 5.74) is 0.537. The van der Waals surface area contributed by atoms with E-state index in [0.29, 0.717) is 11.0 Å². The van der Waals surface area contributed by atoms with E-state index in [9.17, 15) is 9.59 Å². The number of H-pyrrole nitrogens is 1. The molecule has 0 saturated carbocycles. The molecular weight excluding hydrogens is 244 g/mol. The minimum Gasteiger partial charge on any atom is -0.458 e. The van der Waals surface area contributed by atoms with E-state index < -0.39 is 17.6 Å². The largest absolute Gasteiger partial charge is 0.458 e. The van der Waals surface area contributed by atoms with Crippen molar-refractivity contribution in [3.63, 3.8) is 0 Å². The molecule has 1 aromatic heterocycles. The number of imidazole rings is 1. The summed E-state index contributed by atoms with van der Waals surface area (Å²) in [4.78, 5) is 26.7. The van der Waals surface area contributed by atoms with Gasteiger partial charge in [-0.15, -0.1) is 0 Å². The lowest BCUT2D eigenvalue weighted by molar-refractivity contribution is -0.158. The molecule has 0 aliphatic rings. The predicted molar refractivity (Wildman–Crippen MR) is 73.1 cm³/mol. The molecule has 0 bridgehead atoms. The average Bonchev–Trinajstić information content (AvgIpc) is 2.61. The Morgan fingerprint density at radius 3 is 2.58 bits per heavy atom. The van der Waals surface area contributed by atoms with Crippen molar-refractivity contribution in [1.29, 1.82) is 0 Å². The van der Waals surface area contributed by atoms with Crippen molar-refractivity contribution in [2.24, 2.45) is 0 Å². The molecule has 0 fully saturated rings. The SMILES string of the molecule is C[C@@H](C(=O)OC(C)(C)C)n1c(=O)[nH]c2ccccc21. The van der Waals surface area contributed by atoms with Crippen molar-refractivity contribution >= 4 is 17.0 Å². The fraction of sp³-hybridized carbons (Fsp3) is 0.429. The molecule has 2 aromatic rings. The first-order valence-electron chi connectivity index (χ1n) is 6.22. The highest BCUT2D eigenvalue weighted by molar-refractivity contribution is 5.80. The smallest absolute Gasteiger partial charge is 0.329 e. The number of benzene rings is 1. The molecule has 1 atom stereocenters. The molecule has 0 aliphatic carbocycles. The lowest BCUT2D eigenvalue weighted by Gasteiger charge is -2.22. The zero-order valence-electron chi connectivity index (χ0n) is 11.6. The minimum atomic E-state index is -0.664. The Bertz CT molecular complexity index is 661. The van der Waals surface area contributed by atoms with E-state index in [-0.39, 0.29) is 5.69 Å². The predicted octanol–water partition coefficient (Wildman–Crippen LogP) is 2.23. The van der Waals surface area contributed by atoms with E-state index >= 15 is 0 Å². The van der Waals surface area contributed by atoms with Crippen LogP contribution in [0.2, 0.25) is 0 Å². The third-order valence-corrected chi connectivity index (χ3v) is 2.76. The second-order valence-electron chi connectivity index (χ2n) is 5.53. The second kappa shape index (κ2) is 4.57. The van der Waals surface area contributed by atoms with Gasteiger partial charge in [-0.05, 0) is 39.8 Å². The van der Waals surface area contributed by atoms with Crippen LogP contribution in [-0.2, 0) is 9.53 Å². The fourth-order valence-corrected chi connectivity index (χ4v) is 1.95. The normalized spacial score (nSPS) is 13.5. The molecule has 1 aromatic carbocycles. The van der Waals surface area contributed by atoms with Crippen LogP contribution in [0.1, 0.15) is 33.7 Å². The van der Waals surface area contributed by atoms with Gasteiger partial charge in [-0.3, -0.25) is 4.57 Å². The Balaban J connectivity index is 2.42. The molecule has 5 nitrogen and oxygen atoms in total.